The number of halogens is 4. The Morgan fingerprint density at radius 1 is 1.00 bits per heavy atom. The molecule has 26 heavy (non-hydrogen) atoms. The van der Waals surface area contributed by atoms with Crippen LogP contribution in [0, 0.1) is 5.92 Å². The number of amides is 1. The molecule has 3 nitrogen and oxygen atoms in total. The molecule has 1 aliphatic rings. The SMILES string of the molecule is O=C(Nc1cc(Cl)ccc1Cl)C1CCN(Cc2c(Cl)cccc2Cl)CC1. The zero-order valence-electron chi connectivity index (χ0n) is 13.9. The molecule has 1 saturated heterocycles. The molecule has 0 spiro atoms. The number of nitrogens with one attached hydrogen (secondary N) is 1. The number of likely N-dealkylation sites (tertiary alicyclic amines) is 1. The van der Waals surface area contributed by atoms with Crippen LogP contribution in [-0.4, -0.2) is 23.9 Å². The molecule has 0 aromatic heterocycles. The monoisotopic (exact) mass is 430 g/mol. The average Bonchev–Trinajstić information content (AvgIpc) is 2.62. The zero-order valence-corrected chi connectivity index (χ0v) is 17.0. The summed E-state index contributed by atoms with van der Waals surface area (Å²) in [5, 5.41) is 5.25. The van der Waals surface area contributed by atoms with Crippen molar-refractivity contribution in [2.24, 2.45) is 5.92 Å². The Hall–Kier alpha value is -0.970. The van der Waals surface area contributed by atoms with Crippen LogP contribution in [0.4, 0.5) is 5.69 Å². The lowest BCUT2D eigenvalue weighted by molar-refractivity contribution is -0.121. The quantitative estimate of drug-likeness (QED) is 0.629. The van der Waals surface area contributed by atoms with Gasteiger partial charge in [-0.05, 0) is 56.3 Å². The van der Waals surface area contributed by atoms with E-state index in [1.807, 2.05) is 18.2 Å². The van der Waals surface area contributed by atoms with Gasteiger partial charge in [0.05, 0.1) is 10.7 Å². The van der Waals surface area contributed by atoms with Crippen LogP contribution < -0.4 is 5.32 Å². The Labute approximate surface area is 173 Å². The van der Waals surface area contributed by atoms with Gasteiger partial charge in [-0.15, -0.1) is 0 Å². The van der Waals surface area contributed by atoms with Crippen molar-refractivity contribution < 1.29 is 4.79 Å². The van der Waals surface area contributed by atoms with Gasteiger partial charge in [0.25, 0.3) is 0 Å². The first-order chi connectivity index (χ1) is 12.4. The highest BCUT2D eigenvalue weighted by Gasteiger charge is 2.26. The molecule has 2 aromatic rings. The molecule has 2 aromatic carbocycles. The molecule has 0 radical (unpaired) electrons. The van der Waals surface area contributed by atoms with Gasteiger partial charge < -0.3 is 5.32 Å². The molecular formula is C19H18Cl4N2O. The summed E-state index contributed by atoms with van der Waals surface area (Å²) in [6, 6.07) is 10.6. The van der Waals surface area contributed by atoms with Gasteiger partial charge in [0.15, 0.2) is 0 Å². The molecule has 1 N–H and O–H groups in total. The van der Waals surface area contributed by atoms with Gasteiger partial charge in [0.1, 0.15) is 0 Å². The van der Waals surface area contributed by atoms with E-state index < -0.39 is 0 Å². The summed E-state index contributed by atoms with van der Waals surface area (Å²) in [6.07, 6.45) is 1.54. The second-order valence-electron chi connectivity index (χ2n) is 6.36. The third-order valence-corrected chi connectivity index (χ3v) is 5.86. The number of carbonyl (C=O) groups excluding carboxylic acids is 1. The lowest BCUT2D eigenvalue weighted by atomic mass is 9.95. The predicted molar refractivity (Wildman–Crippen MR) is 110 cm³/mol. The van der Waals surface area contributed by atoms with Crippen molar-refractivity contribution in [1.82, 2.24) is 4.90 Å². The lowest BCUT2D eigenvalue weighted by Crippen LogP contribution is -2.37. The third-order valence-electron chi connectivity index (χ3n) is 4.59. The Kier molecular flexibility index (Phi) is 6.70. The standard InChI is InChI=1S/C19H18Cl4N2O/c20-13-4-5-17(23)18(10-13)24-19(26)12-6-8-25(9-7-12)11-14-15(21)2-1-3-16(14)22/h1-5,10,12H,6-9,11H2,(H,24,26). The number of anilines is 1. The molecular weight excluding hydrogens is 414 g/mol. The van der Waals surface area contributed by atoms with E-state index in [-0.39, 0.29) is 11.8 Å². The van der Waals surface area contributed by atoms with Crippen molar-refractivity contribution in [3.63, 3.8) is 0 Å². The minimum atomic E-state index is -0.0528. The molecule has 7 heteroatoms. The van der Waals surface area contributed by atoms with E-state index in [2.05, 4.69) is 10.2 Å². The second kappa shape index (κ2) is 8.81. The van der Waals surface area contributed by atoms with Crippen LogP contribution in [0.3, 0.4) is 0 Å². The van der Waals surface area contributed by atoms with E-state index in [4.69, 9.17) is 46.4 Å². The Balaban J connectivity index is 1.56. The van der Waals surface area contributed by atoms with Crippen molar-refractivity contribution in [3.8, 4) is 0 Å². The number of hydrogen-bond acceptors (Lipinski definition) is 2. The molecule has 0 atom stereocenters. The van der Waals surface area contributed by atoms with Crippen LogP contribution in [0.5, 0.6) is 0 Å². The zero-order chi connectivity index (χ0) is 18.7. The molecule has 0 bridgehead atoms. The Bertz CT molecular complexity index is 784. The van der Waals surface area contributed by atoms with E-state index in [0.717, 1.165) is 31.5 Å². The topological polar surface area (TPSA) is 32.3 Å². The highest BCUT2D eigenvalue weighted by Crippen LogP contribution is 2.29. The first kappa shape index (κ1) is 19.8. The summed E-state index contributed by atoms with van der Waals surface area (Å²) in [5.74, 6) is -0.0763. The number of hydrogen-bond donors (Lipinski definition) is 1. The number of carbonyl (C=O) groups is 1. The molecule has 0 saturated carbocycles. The smallest absolute Gasteiger partial charge is 0.227 e. The fourth-order valence-electron chi connectivity index (χ4n) is 3.09. The molecule has 1 aliphatic heterocycles. The van der Waals surface area contributed by atoms with E-state index in [1.165, 1.54) is 0 Å². The van der Waals surface area contributed by atoms with Gasteiger partial charge in [-0.3, -0.25) is 9.69 Å². The van der Waals surface area contributed by atoms with Gasteiger partial charge in [0.2, 0.25) is 5.91 Å². The van der Waals surface area contributed by atoms with Gasteiger partial charge in [-0.2, -0.15) is 0 Å². The van der Waals surface area contributed by atoms with Crippen LogP contribution in [0.15, 0.2) is 36.4 Å². The van der Waals surface area contributed by atoms with Crippen molar-refractivity contribution in [2.75, 3.05) is 18.4 Å². The number of nitrogens with zero attached hydrogens (tertiary/aromatic N) is 1. The van der Waals surface area contributed by atoms with Crippen LogP contribution in [-0.2, 0) is 11.3 Å². The highest BCUT2D eigenvalue weighted by atomic mass is 35.5. The van der Waals surface area contributed by atoms with Crippen LogP contribution in [0.1, 0.15) is 18.4 Å². The largest absolute Gasteiger partial charge is 0.324 e. The van der Waals surface area contributed by atoms with Crippen LogP contribution in [0.2, 0.25) is 20.1 Å². The average molecular weight is 432 g/mol. The molecule has 138 valence electrons. The normalized spacial score (nSPS) is 15.8. The summed E-state index contributed by atoms with van der Waals surface area (Å²) >= 11 is 24.6. The summed E-state index contributed by atoms with van der Waals surface area (Å²) in [6.45, 7) is 2.30. The van der Waals surface area contributed by atoms with Gasteiger partial charge in [-0.25, -0.2) is 0 Å². The van der Waals surface area contributed by atoms with Crippen LogP contribution >= 0.6 is 46.4 Å². The lowest BCUT2D eigenvalue weighted by Gasteiger charge is -2.31. The van der Waals surface area contributed by atoms with E-state index >= 15 is 0 Å². The van der Waals surface area contributed by atoms with E-state index in [9.17, 15) is 4.79 Å². The first-order valence-electron chi connectivity index (χ1n) is 8.35. The second-order valence-corrected chi connectivity index (χ2v) is 8.02. The molecule has 1 fully saturated rings. The number of rotatable bonds is 4. The predicted octanol–water partition coefficient (Wildman–Crippen LogP) is 6.15. The maximum atomic E-state index is 12.5. The summed E-state index contributed by atoms with van der Waals surface area (Å²) < 4.78 is 0. The number of piperidine rings is 1. The third kappa shape index (κ3) is 4.85. The van der Waals surface area contributed by atoms with Gasteiger partial charge >= 0.3 is 0 Å². The summed E-state index contributed by atoms with van der Waals surface area (Å²) in [4.78, 5) is 14.8. The van der Waals surface area contributed by atoms with Gasteiger partial charge in [-0.1, -0.05) is 52.5 Å². The molecule has 1 amide bonds. The van der Waals surface area contributed by atoms with Crippen molar-refractivity contribution in [3.05, 3.63) is 62.1 Å². The summed E-state index contributed by atoms with van der Waals surface area (Å²) in [5.41, 5.74) is 1.49. The molecule has 0 aliphatic carbocycles. The fourth-order valence-corrected chi connectivity index (χ4v) is 3.94. The first-order valence-corrected chi connectivity index (χ1v) is 9.86. The highest BCUT2D eigenvalue weighted by molar-refractivity contribution is 6.36. The Morgan fingerprint density at radius 2 is 1.65 bits per heavy atom. The maximum absolute atomic E-state index is 12.5. The number of benzene rings is 2. The minimum absolute atomic E-state index is 0.0235. The molecule has 0 unspecified atom stereocenters. The van der Waals surface area contributed by atoms with Gasteiger partial charge in [0, 0.05) is 33.1 Å². The minimum Gasteiger partial charge on any atom is -0.324 e. The van der Waals surface area contributed by atoms with E-state index in [0.29, 0.717) is 32.3 Å². The molecule has 1 heterocycles. The van der Waals surface area contributed by atoms with Crippen molar-refractivity contribution in [2.45, 2.75) is 19.4 Å². The Morgan fingerprint density at radius 3 is 2.31 bits per heavy atom. The fraction of sp³-hybridized carbons (Fsp3) is 0.316. The maximum Gasteiger partial charge on any atom is 0.227 e. The summed E-state index contributed by atoms with van der Waals surface area (Å²) in [7, 11) is 0. The van der Waals surface area contributed by atoms with Crippen LogP contribution in [0.25, 0.3) is 0 Å². The van der Waals surface area contributed by atoms with Crippen molar-refractivity contribution >= 4 is 58.0 Å². The van der Waals surface area contributed by atoms with Crippen molar-refractivity contribution in [1.29, 1.82) is 0 Å². The van der Waals surface area contributed by atoms with E-state index in [1.54, 1.807) is 18.2 Å². The molecule has 3 rings (SSSR count).